The topological polar surface area (TPSA) is 46.2 Å². The fourth-order valence-electron chi connectivity index (χ4n) is 1.09. The Morgan fingerprint density at radius 2 is 1.18 bits per heavy atom. The largest absolute Gasteiger partial charge is 0.454 e. The number of hydrogen-bond donors (Lipinski definition) is 0. The van der Waals surface area contributed by atoms with Crippen LogP contribution in [0.3, 0.4) is 0 Å². The van der Waals surface area contributed by atoms with Crippen LogP contribution in [0.15, 0.2) is 73.8 Å². The molecule has 2 aliphatic rings. The van der Waals surface area contributed by atoms with E-state index >= 15 is 0 Å². The Kier molecular flexibility index (Phi) is 3.20. The van der Waals surface area contributed by atoms with Gasteiger partial charge in [0, 0.05) is 0 Å². The molecule has 0 fully saturated rings. The molecule has 0 aromatic heterocycles. The average Bonchev–Trinajstić information content (AvgIpc) is 2.40. The number of rotatable bonds is 4. The molecule has 0 bridgehead atoms. The van der Waals surface area contributed by atoms with Crippen LogP contribution in [0.25, 0.3) is 0 Å². The van der Waals surface area contributed by atoms with Crippen molar-refractivity contribution in [1.29, 1.82) is 0 Å². The van der Waals surface area contributed by atoms with E-state index in [1.807, 2.05) is 0 Å². The first-order valence-corrected chi connectivity index (χ1v) is 4.73. The zero-order chi connectivity index (χ0) is 12.1. The highest BCUT2D eigenvalue weighted by Crippen LogP contribution is 2.24. The summed E-state index contributed by atoms with van der Waals surface area (Å²) in [6.07, 6.45) is 8.29. The summed E-state index contributed by atoms with van der Waals surface area (Å²) in [5, 5.41) is 0. The lowest BCUT2D eigenvalue weighted by Gasteiger charge is -2.18. The van der Waals surface area contributed by atoms with Gasteiger partial charge in [-0.3, -0.25) is 0 Å². The van der Waals surface area contributed by atoms with Gasteiger partial charge in [0.05, 0.1) is 0 Å². The van der Waals surface area contributed by atoms with E-state index in [2.05, 4.69) is 13.2 Å². The van der Waals surface area contributed by atoms with E-state index < -0.39 is 0 Å². The third kappa shape index (κ3) is 2.34. The van der Waals surface area contributed by atoms with Crippen LogP contribution in [0.5, 0.6) is 0 Å². The molecular formula is C12H10O5. The quantitative estimate of drug-likeness (QED) is 0.748. The predicted molar refractivity (Wildman–Crippen MR) is 58.2 cm³/mol. The lowest BCUT2D eigenvalue weighted by Crippen LogP contribution is -2.08. The lowest BCUT2D eigenvalue weighted by atomic mass is 10.5. The molecule has 0 radical (unpaired) electrons. The van der Waals surface area contributed by atoms with Crippen molar-refractivity contribution < 1.29 is 23.7 Å². The first-order chi connectivity index (χ1) is 8.35. The van der Waals surface area contributed by atoms with Crippen LogP contribution in [0.1, 0.15) is 0 Å². The Labute approximate surface area is 98.2 Å². The summed E-state index contributed by atoms with van der Waals surface area (Å²) in [4.78, 5) is 0. The minimum atomic E-state index is 0.107. The van der Waals surface area contributed by atoms with Gasteiger partial charge in [-0.15, -0.1) is 0 Å². The Hall–Kier alpha value is -2.56. The molecule has 2 rings (SSSR count). The molecule has 2 aliphatic heterocycles. The normalized spacial score (nSPS) is 17.6. The molecule has 17 heavy (non-hydrogen) atoms. The van der Waals surface area contributed by atoms with E-state index in [1.165, 1.54) is 37.2 Å². The molecule has 0 aliphatic carbocycles. The van der Waals surface area contributed by atoms with E-state index in [0.29, 0.717) is 11.5 Å². The van der Waals surface area contributed by atoms with Crippen LogP contribution < -0.4 is 0 Å². The summed E-state index contributed by atoms with van der Waals surface area (Å²) in [7, 11) is 0. The predicted octanol–water partition coefficient (Wildman–Crippen LogP) is 2.75. The fourth-order valence-corrected chi connectivity index (χ4v) is 1.09. The summed E-state index contributed by atoms with van der Waals surface area (Å²) in [6.45, 7) is 7.14. The van der Waals surface area contributed by atoms with Gasteiger partial charge in [-0.1, -0.05) is 13.2 Å². The first-order valence-electron chi connectivity index (χ1n) is 4.73. The second-order valence-electron chi connectivity index (χ2n) is 2.83. The molecule has 0 aromatic carbocycles. The molecule has 0 spiro atoms. The zero-order valence-electron chi connectivity index (χ0n) is 8.92. The minimum Gasteiger partial charge on any atom is -0.454 e. The van der Waals surface area contributed by atoms with E-state index in [4.69, 9.17) is 23.7 Å². The maximum Gasteiger partial charge on any atom is 0.337 e. The minimum absolute atomic E-state index is 0.107. The van der Waals surface area contributed by atoms with Gasteiger partial charge >= 0.3 is 11.9 Å². The fraction of sp³-hybridized carbons (Fsp3) is 0. The molecule has 88 valence electrons. The monoisotopic (exact) mass is 234 g/mol. The molecule has 0 unspecified atom stereocenters. The summed E-state index contributed by atoms with van der Waals surface area (Å²) in [5.41, 5.74) is 0. The van der Waals surface area contributed by atoms with Crippen molar-refractivity contribution in [2.45, 2.75) is 0 Å². The molecule has 5 nitrogen and oxygen atoms in total. The van der Waals surface area contributed by atoms with Crippen molar-refractivity contribution in [3.8, 4) is 0 Å². The standard InChI is InChI=1S/C12H10O5/c1-3-9-11(15-7-5-13-9)17-12-10(4-2)14-6-8-16-12/h3-8H,1-2H2. The maximum atomic E-state index is 5.36. The molecule has 0 atom stereocenters. The first kappa shape index (κ1) is 10.9. The summed E-state index contributed by atoms with van der Waals surface area (Å²) in [5.74, 6) is 0.884. The van der Waals surface area contributed by atoms with Crippen molar-refractivity contribution in [1.82, 2.24) is 0 Å². The van der Waals surface area contributed by atoms with Gasteiger partial charge in [0.1, 0.15) is 25.0 Å². The molecule has 0 N–H and O–H groups in total. The Morgan fingerprint density at radius 3 is 1.59 bits per heavy atom. The average molecular weight is 234 g/mol. The Bertz CT molecular complexity index is 412. The molecule has 0 saturated heterocycles. The van der Waals surface area contributed by atoms with Crippen molar-refractivity contribution in [3.05, 3.63) is 73.8 Å². The third-order valence-electron chi connectivity index (χ3n) is 1.81. The van der Waals surface area contributed by atoms with Gasteiger partial charge in [0.15, 0.2) is 0 Å². The molecule has 0 amide bonds. The van der Waals surface area contributed by atoms with Crippen LogP contribution in [0, 0.1) is 0 Å². The van der Waals surface area contributed by atoms with Crippen LogP contribution in [-0.4, -0.2) is 0 Å². The van der Waals surface area contributed by atoms with Gasteiger partial charge in [-0.05, 0) is 12.2 Å². The highest BCUT2D eigenvalue weighted by atomic mass is 16.8. The van der Waals surface area contributed by atoms with Crippen LogP contribution in [-0.2, 0) is 23.7 Å². The van der Waals surface area contributed by atoms with Crippen molar-refractivity contribution in [2.24, 2.45) is 0 Å². The molecule has 5 heteroatoms. The molecule has 0 saturated carbocycles. The van der Waals surface area contributed by atoms with Crippen LogP contribution in [0.2, 0.25) is 0 Å². The van der Waals surface area contributed by atoms with Gasteiger partial charge in [-0.2, -0.15) is 0 Å². The smallest absolute Gasteiger partial charge is 0.337 e. The third-order valence-corrected chi connectivity index (χ3v) is 1.81. The number of allylic oxidation sites excluding steroid dienone is 2. The SMILES string of the molecule is C=CC1=C(OC2=C(C=C)OC=CO2)OC=CO1. The molecule has 2 heterocycles. The molecular weight excluding hydrogens is 224 g/mol. The van der Waals surface area contributed by atoms with Crippen molar-refractivity contribution in [2.75, 3.05) is 0 Å². The summed E-state index contributed by atoms with van der Waals surface area (Å²) >= 11 is 0. The van der Waals surface area contributed by atoms with Crippen LogP contribution >= 0.6 is 0 Å². The number of hydrogen-bond acceptors (Lipinski definition) is 5. The van der Waals surface area contributed by atoms with E-state index in [1.54, 1.807) is 0 Å². The Morgan fingerprint density at radius 1 is 0.765 bits per heavy atom. The highest BCUT2D eigenvalue weighted by molar-refractivity contribution is 5.18. The van der Waals surface area contributed by atoms with E-state index in [-0.39, 0.29) is 11.9 Å². The van der Waals surface area contributed by atoms with Gasteiger partial charge in [0.2, 0.25) is 11.5 Å². The summed E-state index contributed by atoms with van der Waals surface area (Å²) < 4.78 is 25.9. The summed E-state index contributed by atoms with van der Waals surface area (Å²) in [6, 6.07) is 0. The Balaban J connectivity index is 2.19. The zero-order valence-corrected chi connectivity index (χ0v) is 8.92. The van der Waals surface area contributed by atoms with Gasteiger partial charge in [-0.25, -0.2) is 0 Å². The number of ether oxygens (including phenoxy) is 5. The van der Waals surface area contributed by atoms with Crippen LogP contribution in [0.4, 0.5) is 0 Å². The van der Waals surface area contributed by atoms with Gasteiger partial charge < -0.3 is 23.7 Å². The van der Waals surface area contributed by atoms with E-state index in [9.17, 15) is 0 Å². The molecule has 0 aromatic rings. The lowest BCUT2D eigenvalue weighted by molar-refractivity contribution is 0.0124. The van der Waals surface area contributed by atoms with Crippen molar-refractivity contribution in [3.63, 3.8) is 0 Å². The maximum absolute atomic E-state index is 5.36. The second kappa shape index (κ2) is 4.98. The van der Waals surface area contributed by atoms with E-state index in [0.717, 1.165) is 0 Å². The second-order valence-corrected chi connectivity index (χ2v) is 2.83. The highest BCUT2D eigenvalue weighted by Gasteiger charge is 2.19. The van der Waals surface area contributed by atoms with Gasteiger partial charge in [0.25, 0.3) is 0 Å². The van der Waals surface area contributed by atoms with Crippen molar-refractivity contribution >= 4 is 0 Å².